The highest BCUT2D eigenvalue weighted by Gasteiger charge is 2.43. The van der Waals surface area contributed by atoms with Crippen LogP contribution in [0.5, 0.6) is 0 Å². The highest BCUT2D eigenvalue weighted by molar-refractivity contribution is 6.04. The van der Waals surface area contributed by atoms with E-state index in [4.69, 9.17) is 4.74 Å². The molecule has 3 rings (SSSR count). The number of rotatable bonds is 5. The van der Waals surface area contributed by atoms with Crippen molar-refractivity contribution in [3.05, 3.63) is 35.4 Å². The number of benzene rings is 1. The summed E-state index contributed by atoms with van der Waals surface area (Å²) in [7, 11) is 0. The molecule has 0 saturated heterocycles. The number of ether oxygens (including phenoxy) is 1. The number of carbonyl (C=O) groups excluding carboxylic acids is 1. The van der Waals surface area contributed by atoms with Crippen LogP contribution in [0.4, 0.5) is 0 Å². The van der Waals surface area contributed by atoms with Gasteiger partial charge in [-0.3, -0.25) is 4.79 Å². The van der Waals surface area contributed by atoms with E-state index in [9.17, 15) is 4.79 Å². The third-order valence-corrected chi connectivity index (χ3v) is 5.00. The van der Waals surface area contributed by atoms with Gasteiger partial charge in [-0.1, -0.05) is 30.7 Å². The number of Topliss-reactive ketones (excluding diaryl/α,β-unsaturated/α-hetero) is 1. The van der Waals surface area contributed by atoms with E-state index in [0.717, 1.165) is 31.2 Å². The van der Waals surface area contributed by atoms with Gasteiger partial charge < -0.3 is 4.74 Å². The van der Waals surface area contributed by atoms with Crippen LogP contribution >= 0.6 is 0 Å². The molecule has 0 amide bonds. The van der Waals surface area contributed by atoms with Crippen LogP contribution in [0.25, 0.3) is 0 Å². The molecule has 0 unspecified atom stereocenters. The molecule has 2 fully saturated rings. The maximum atomic E-state index is 13.1. The highest BCUT2D eigenvalue weighted by atomic mass is 16.5. The molecule has 2 saturated carbocycles. The van der Waals surface area contributed by atoms with Gasteiger partial charge in [0.1, 0.15) is 5.60 Å². The van der Waals surface area contributed by atoms with Crippen molar-refractivity contribution in [1.82, 2.24) is 0 Å². The Balaban J connectivity index is 1.93. The predicted molar refractivity (Wildman–Crippen MR) is 80.2 cm³/mol. The van der Waals surface area contributed by atoms with Crippen molar-refractivity contribution in [1.29, 1.82) is 0 Å². The summed E-state index contributed by atoms with van der Waals surface area (Å²) in [5.74, 6) is 0.828. The normalized spacial score (nSPS) is 21.6. The minimum absolute atomic E-state index is 0.236. The van der Waals surface area contributed by atoms with Gasteiger partial charge in [-0.25, -0.2) is 0 Å². The quantitative estimate of drug-likeness (QED) is 0.738. The molecule has 20 heavy (non-hydrogen) atoms. The second kappa shape index (κ2) is 5.69. The van der Waals surface area contributed by atoms with E-state index < -0.39 is 5.60 Å². The first-order valence-electron chi connectivity index (χ1n) is 8.04. The Kier molecular flexibility index (Phi) is 3.93. The van der Waals surface area contributed by atoms with Gasteiger partial charge in [0.2, 0.25) is 0 Å². The Labute approximate surface area is 121 Å². The number of carbonyl (C=O) groups is 1. The lowest BCUT2D eigenvalue weighted by atomic mass is 9.76. The maximum absolute atomic E-state index is 13.1. The summed E-state index contributed by atoms with van der Waals surface area (Å²) in [6, 6.07) is 8.21. The molecule has 2 nitrogen and oxygen atoms in total. The average Bonchev–Trinajstić information content (AvgIpc) is 2.87. The van der Waals surface area contributed by atoms with E-state index in [0.29, 0.717) is 12.5 Å². The summed E-state index contributed by atoms with van der Waals surface area (Å²) >= 11 is 0. The summed E-state index contributed by atoms with van der Waals surface area (Å²) in [6.45, 7) is 2.61. The fraction of sp³-hybridized carbons (Fsp3) is 0.611. The first-order valence-corrected chi connectivity index (χ1v) is 8.04. The van der Waals surface area contributed by atoms with E-state index in [1.54, 1.807) is 0 Å². The minimum atomic E-state index is -0.533. The molecular weight excluding hydrogens is 248 g/mol. The summed E-state index contributed by atoms with van der Waals surface area (Å²) in [6.07, 6.45) is 7.74. The average molecular weight is 272 g/mol. The zero-order chi connectivity index (χ0) is 14.0. The monoisotopic (exact) mass is 272 g/mol. The molecule has 108 valence electrons. The summed E-state index contributed by atoms with van der Waals surface area (Å²) < 4.78 is 5.94. The molecule has 2 aliphatic rings. The van der Waals surface area contributed by atoms with Gasteiger partial charge in [0.15, 0.2) is 5.78 Å². The van der Waals surface area contributed by atoms with Gasteiger partial charge in [-0.2, -0.15) is 0 Å². The molecule has 0 aromatic heterocycles. The summed E-state index contributed by atoms with van der Waals surface area (Å²) in [5, 5.41) is 0. The largest absolute Gasteiger partial charge is 0.367 e. The molecule has 2 heteroatoms. The van der Waals surface area contributed by atoms with Crippen molar-refractivity contribution in [2.24, 2.45) is 0 Å². The number of hydrogen-bond acceptors (Lipinski definition) is 2. The minimum Gasteiger partial charge on any atom is -0.367 e. The molecule has 1 aromatic carbocycles. The molecule has 0 radical (unpaired) electrons. The Morgan fingerprint density at radius 3 is 2.50 bits per heavy atom. The van der Waals surface area contributed by atoms with Crippen molar-refractivity contribution in [3.63, 3.8) is 0 Å². The topological polar surface area (TPSA) is 26.3 Å². The van der Waals surface area contributed by atoms with Crippen molar-refractivity contribution >= 4 is 5.78 Å². The zero-order valence-electron chi connectivity index (χ0n) is 12.4. The van der Waals surface area contributed by atoms with Crippen LogP contribution in [-0.4, -0.2) is 18.0 Å². The Morgan fingerprint density at radius 1 is 1.20 bits per heavy atom. The van der Waals surface area contributed by atoms with E-state index in [1.807, 2.05) is 19.1 Å². The van der Waals surface area contributed by atoms with Crippen molar-refractivity contribution in [2.45, 2.75) is 63.4 Å². The van der Waals surface area contributed by atoms with Crippen LogP contribution in [-0.2, 0) is 4.74 Å². The van der Waals surface area contributed by atoms with Crippen molar-refractivity contribution in [3.8, 4) is 0 Å². The third-order valence-electron chi connectivity index (χ3n) is 5.00. The van der Waals surface area contributed by atoms with Gasteiger partial charge in [0.25, 0.3) is 0 Å². The van der Waals surface area contributed by atoms with Gasteiger partial charge >= 0.3 is 0 Å². The van der Waals surface area contributed by atoms with Gasteiger partial charge in [-0.15, -0.1) is 0 Å². The van der Waals surface area contributed by atoms with Crippen molar-refractivity contribution in [2.75, 3.05) is 6.61 Å². The van der Waals surface area contributed by atoms with Gasteiger partial charge in [-0.05, 0) is 56.9 Å². The first-order chi connectivity index (χ1) is 9.77. The van der Waals surface area contributed by atoms with Crippen LogP contribution in [0, 0.1) is 0 Å². The standard InChI is InChI=1S/C18H24O2/c1-2-20-18(12-5-6-13-18)17(19)16-11-4-3-10-15(16)14-8-7-9-14/h3-4,10-11,14H,2,5-9,12-13H2,1H3. The zero-order valence-corrected chi connectivity index (χ0v) is 12.4. The second-order valence-corrected chi connectivity index (χ2v) is 6.18. The highest BCUT2D eigenvalue weighted by Crippen LogP contribution is 2.41. The molecule has 0 heterocycles. The molecule has 1 aromatic rings. The summed E-state index contributed by atoms with van der Waals surface area (Å²) in [4.78, 5) is 13.1. The molecule has 0 bridgehead atoms. The molecule has 0 N–H and O–H groups in total. The van der Waals surface area contributed by atoms with E-state index in [-0.39, 0.29) is 5.78 Å². The Hall–Kier alpha value is -1.15. The lowest BCUT2D eigenvalue weighted by Crippen LogP contribution is -2.39. The molecule has 2 aliphatic carbocycles. The smallest absolute Gasteiger partial charge is 0.194 e. The number of ketones is 1. The fourth-order valence-electron chi connectivity index (χ4n) is 3.68. The molecule has 0 atom stereocenters. The van der Waals surface area contributed by atoms with Crippen LogP contribution in [0.2, 0.25) is 0 Å². The Bertz CT molecular complexity index is 482. The van der Waals surface area contributed by atoms with Gasteiger partial charge in [0, 0.05) is 12.2 Å². The van der Waals surface area contributed by atoms with Crippen LogP contribution in [0.3, 0.4) is 0 Å². The first kappa shape index (κ1) is 13.8. The lowest BCUT2D eigenvalue weighted by Gasteiger charge is -2.32. The lowest BCUT2D eigenvalue weighted by molar-refractivity contribution is -0.0164. The molecular formula is C18H24O2. The van der Waals surface area contributed by atoms with Crippen LogP contribution < -0.4 is 0 Å². The predicted octanol–water partition coefficient (Wildman–Crippen LogP) is 4.49. The van der Waals surface area contributed by atoms with Crippen LogP contribution in [0.1, 0.15) is 73.7 Å². The molecule has 0 spiro atoms. The number of hydrogen-bond donors (Lipinski definition) is 0. The third kappa shape index (κ3) is 2.31. The van der Waals surface area contributed by atoms with E-state index >= 15 is 0 Å². The van der Waals surface area contributed by atoms with Crippen molar-refractivity contribution < 1.29 is 9.53 Å². The van der Waals surface area contributed by atoms with E-state index in [2.05, 4.69) is 12.1 Å². The van der Waals surface area contributed by atoms with E-state index in [1.165, 1.54) is 24.8 Å². The molecule has 0 aliphatic heterocycles. The second-order valence-electron chi connectivity index (χ2n) is 6.18. The maximum Gasteiger partial charge on any atom is 0.194 e. The van der Waals surface area contributed by atoms with Gasteiger partial charge in [0.05, 0.1) is 0 Å². The van der Waals surface area contributed by atoms with Crippen LogP contribution in [0.15, 0.2) is 24.3 Å². The Morgan fingerprint density at radius 2 is 1.90 bits per heavy atom. The fourth-order valence-corrected chi connectivity index (χ4v) is 3.68. The summed E-state index contributed by atoms with van der Waals surface area (Å²) in [5.41, 5.74) is 1.65. The SMILES string of the molecule is CCOC1(C(=O)c2ccccc2C2CCC2)CCCC1.